The van der Waals surface area contributed by atoms with E-state index in [0.717, 1.165) is 0 Å². The molecule has 0 aliphatic carbocycles. The van der Waals surface area contributed by atoms with E-state index in [1.165, 1.54) is 109 Å². The highest BCUT2D eigenvalue weighted by atomic mass is 15.1. The lowest BCUT2D eigenvalue weighted by Gasteiger charge is -2.22. The molecular weight excluding hydrogens is 302 g/mol. The van der Waals surface area contributed by atoms with Crippen molar-refractivity contribution in [2.24, 2.45) is 0 Å². The fraction of sp³-hybridized carbons (Fsp3) is 0.750. The highest BCUT2D eigenvalue weighted by Crippen LogP contribution is 2.10. The van der Waals surface area contributed by atoms with E-state index in [0.29, 0.717) is 0 Å². The molecule has 0 heterocycles. The Morgan fingerprint density at radius 1 is 0.560 bits per heavy atom. The van der Waals surface area contributed by atoms with Gasteiger partial charge in [-0.15, -0.1) is 0 Å². The SMILES string of the molecule is CCCCCCCCN(CCCCCCCC)CCc1ccccc1. The van der Waals surface area contributed by atoms with Crippen molar-refractivity contribution in [1.29, 1.82) is 0 Å². The molecule has 0 bridgehead atoms. The van der Waals surface area contributed by atoms with Crippen molar-refractivity contribution >= 4 is 0 Å². The average molecular weight is 346 g/mol. The maximum absolute atomic E-state index is 2.73. The molecule has 0 aliphatic rings. The largest absolute Gasteiger partial charge is 0.303 e. The lowest BCUT2D eigenvalue weighted by molar-refractivity contribution is 0.263. The van der Waals surface area contributed by atoms with E-state index in [1.807, 2.05) is 0 Å². The second-order valence-electron chi connectivity index (χ2n) is 7.61. The molecule has 25 heavy (non-hydrogen) atoms. The Labute approximate surface area is 158 Å². The summed E-state index contributed by atoms with van der Waals surface area (Å²) in [6, 6.07) is 11.0. The van der Waals surface area contributed by atoms with Crippen molar-refractivity contribution in [3.8, 4) is 0 Å². The number of unbranched alkanes of at least 4 members (excludes halogenated alkanes) is 10. The maximum atomic E-state index is 2.73. The van der Waals surface area contributed by atoms with Gasteiger partial charge in [0.25, 0.3) is 0 Å². The first-order chi connectivity index (χ1) is 12.4. The van der Waals surface area contributed by atoms with Gasteiger partial charge in [0.2, 0.25) is 0 Å². The van der Waals surface area contributed by atoms with Gasteiger partial charge in [0.15, 0.2) is 0 Å². The first-order valence-electron chi connectivity index (χ1n) is 11.1. The minimum Gasteiger partial charge on any atom is -0.303 e. The molecule has 0 saturated carbocycles. The van der Waals surface area contributed by atoms with Gasteiger partial charge in [-0.3, -0.25) is 0 Å². The van der Waals surface area contributed by atoms with Gasteiger partial charge < -0.3 is 4.90 Å². The zero-order chi connectivity index (χ0) is 18.0. The number of nitrogens with zero attached hydrogens (tertiary/aromatic N) is 1. The summed E-state index contributed by atoms with van der Waals surface area (Å²) in [7, 11) is 0. The lowest BCUT2D eigenvalue weighted by Crippen LogP contribution is -2.28. The molecule has 0 radical (unpaired) electrons. The Morgan fingerprint density at radius 2 is 1.04 bits per heavy atom. The van der Waals surface area contributed by atoms with Crippen LogP contribution < -0.4 is 0 Å². The molecule has 1 rings (SSSR count). The van der Waals surface area contributed by atoms with Crippen molar-refractivity contribution < 1.29 is 0 Å². The number of rotatable bonds is 17. The fourth-order valence-electron chi connectivity index (χ4n) is 3.50. The molecule has 0 spiro atoms. The summed E-state index contributed by atoms with van der Waals surface area (Å²) in [6.07, 6.45) is 18.0. The van der Waals surface area contributed by atoms with Crippen LogP contribution in [0, 0.1) is 0 Å². The van der Waals surface area contributed by atoms with E-state index >= 15 is 0 Å². The topological polar surface area (TPSA) is 3.24 Å². The summed E-state index contributed by atoms with van der Waals surface area (Å²) in [4.78, 5) is 2.73. The van der Waals surface area contributed by atoms with Crippen LogP contribution in [0.3, 0.4) is 0 Å². The van der Waals surface area contributed by atoms with Crippen molar-refractivity contribution in [1.82, 2.24) is 4.90 Å². The zero-order valence-electron chi connectivity index (χ0n) is 17.1. The van der Waals surface area contributed by atoms with E-state index < -0.39 is 0 Å². The average Bonchev–Trinajstić information content (AvgIpc) is 2.65. The quantitative estimate of drug-likeness (QED) is 0.269. The molecule has 144 valence electrons. The van der Waals surface area contributed by atoms with Gasteiger partial charge in [-0.1, -0.05) is 108 Å². The van der Waals surface area contributed by atoms with Crippen LogP contribution >= 0.6 is 0 Å². The van der Waals surface area contributed by atoms with Gasteiger partial charge in [-0.2, -0.15) is 0 Å². The van der Waals surface area contributed by atoms with E-state index in [1.54, 1.807) is 0 Å². The Morgan fingerprint density at radius 3 is 1.56 bits per heavy atom. The van der Waals surface area contributed by atoms with Crippen molar-refractivity contribution in [2.75, 3.05) is 19.6 Å². The van der Waals surface area contributed by atoms with Crippen LogP contribution in [0.2, 0.25) is 0 Å². The molecule has 0 amide bonds. The first kappa shape index (κ1) is 22.2. The van der Waals surface area contributed by atoms with Crippen molar-refractivity contribution in [3.63, 3.8) is 0 Å². The predicted molar refractivity (Wildman–Crippen MR) is 113 cm³/mol. The summed E-state index contributed by atoms with van der Waals surface area (Å²) in [5.41, 5.74) is 1.48. The lowest BCUT2D eigenvalue weighted by atomic mass is 10.1. The molecule has 0 fully saturated rings. The predicted octanol–water partition coefficient (Wildman–Crippen LogP) is 7.25. The van der Waals surface area contributed by atoms with Gasteiger partial charge in [-0.05, 0) is 37.9 Å². The van der Waals surface area contributed by atoms with E-state index in [2.05, 4.69) is 49.1 Å². The summed E-state index contributed by atoms with van der Waals surface area (Å²) in [6.45, 7) is 8.42. The van der Waals surface area contributed by atoms with Crippen LogP contribution in [0.4, 0.5) is 0 Å². The molecule has 1 nitrogen and oxygen atoms in total. The Bertz CT molecular complexity index is 357. The van der Waals surface area contributed by atoms with Gasteiger partial charge in [0.05, 0.1) is 0 Å². The van der Waals surface area contributed by atoms with Gasteiger partial charge in [0.1, 0.15) is 0 Å². The standard InChI is InChI=1S/C24H43N/c1-3-5-7-9-11-16-21-25(22-17-12-10-8-6-4-2)23-20-24-18-14-13-15-19-24/h13-15,18-19H,3-12,16-17,20-23H2,1-2H3. The third-order valence-electron chi connectivity index (χ3n) is 5.22. The second kappa shape index (κ2) is 16.6. The van der Waals surface area contributed by atoms with Gasteiger partial charge >= 0.3 is 0 Å². The molecular formula is C24H43N. The van der Waals surface area contributed by atoms with E-state index in [9.17, 15) is 0 Å². The Balaban J connectivity index is 2.22. The smallest absolute Gasteiger partial charge is 0.00218 e. The van der Waals surface area contributed by atoms with Gasteiger partial charge in [0, 0.05) is 6.54 Å². The molecule has 1 aromatic carbocycles. The Kier molecular flexibility index (Phi) is 14.8. The second-order valence-corrected chi connectivity index (χ2v) is 7.61. The van der Waals surface area contributed by atoms with E-state index in [4.69, 9.17) is 0 Å². The number of hydrogen-bond acceptors (Lipinski definition) is 1. The summed E-state index contributed by atoms with van der Waals surface area (Å²) in [5, 5.41) is 0. The highest BCUT2D eigenvalue weighted by Gasteiger charge is 2.05. The number of benzene rings is 1. The minimum atomic E-state index is 1.20. The van der Waals surface area contributed by atoms with Crippen molar-refractivity contribution in [3.05, 3.63) is 35.9 Å². The monoisotopic (exact) mass is 345 g/mol. The molecule has 0 atom stereocenters. The van der Waals surface area contributed by atoms with Crippen LogP contribution in [0.15, 0.2) is 30.3 Å². The third kappa shape index (κ3) is 13.1. The molecule has 0 aromatic heterocycles. The normalized spacial score (nSPS) is 11.3. The van der Waals surface area contributed by atoms with Crippen LogP contribution in [-0.2, 0) is 6.42 Å². The minimum absolute atomic E-state index is 1.20. The fourth-order valence-corrected chi connectivity index (χ4v) is 3.50. The Hall–Kier alpha value is -0.820. The van der Waals surface area contributed by atoms with Gasteiger partial charge in [-0.25, -0.2) is 0 Å². The van der Waals surface area contributed by atoms with Crippen LogP contribution in [-0.4, -0.2) is 24.5 Å². The summed E-state index contributed by atoms with van der Waals surface area (Å²) >= 11 is 0. The summed E-state index contributed by atoms with van der Waals surface area (Å²) in [5.74, 6) is 0. The third-order valence-corrected chi connectivity index (χ3v) is 5.22. The zero-order valence-corrected chi connectivity index (χ0v) is 17.1. The van der Waals surface area contributed by atoms with Crippen LogP contribution in [0.5, 0.6) is 0 Å². The maximum Gasteiger partial charge on any atom is 0.00218 e. The molecule has 0 unspecified atom stereocenters. The van der Waals surface area contributed by atoms with Crippen molar-refractivity contribution in [2.45, 2.75) is 97.3 Å². The van der Waals surface area contributed by atoms with Crippen LogP contribution in [0.25, 0.3) is 0 Å². The molecule has 1 heteroatoms. The van der Waals surface area contributed by atoms with Crippen LogP contribution in [0.1, 0.15) is 96.5 Å². The molecule has 0 N–H and O–H groups in total. The number of hydrogen-bond donors (Lipinski definition) is 0. The molecule has 0 saturated heterocycles. The molecule has 0 aliphatic heterocycles. The van der Waals surface area contributed by atoms with E-state index in [-0.39, 0.29) is 0 Å². The highest BCUT2D eigenvalue weighted by molar-refractivity contribution is 5.14. The first-order valence-corrected chi connectivity index (χ1v) is 11.1. The summed E-state index contributed by atoms with van der Waals surface area (Å²) < 4.78 is 0. The molecule has 1 aromatic rings.